The van der Waals surface area contributed by atoms with Crippen molar-refractivity contribution >= 4 is 0 Å². The summed E-state index contributed by atoms with van der Waals surface area (Å²) in [4.78, 5) is 0. The standard InChI is InChI=1S/C11H13F2NO/c12-8-3-7(4-9(13)5-8)11(15)2-1-10(14)6-11/h3-5,10,15H,1-2,6,14H2. The van der Waals surface area contributed by atoms with Crippen LogP contribution in [0.5, 0.6) is 0 Å². The van der Waals surface area contributed by atoms with E-state index in [0.717, 1.165) is 6.07 Å². The largest absolute Gasteiger partial charge is 0.385 e. The fraction of sp³-hybridized carbons (Fsp3) is 0.455. The lowest BCUT2D eigenvalue weighted by Crippen LogP contribution is -2.25. The van der Waals surface area contributed by atoms with E-state index in [1.54, 1.807) is 0 Å². The predicted molar refractivity (Wildman–Crippen MR) is 52.1 cm³/mol. The van der Waals surface area contributed by atoms with E-state index < -0.39 is 17.2 Å². The minimum Gasteiger partial charge on any atom is -0.385 e. The number of hydrogen-bond donors (Lipinski definition) is 2. The predicted octanol–water partition coefficient (Wildman–Crippen LogP) is 1.66. The zero-order valence-electron chi connectivity index (χ0n) is 8.21. The van der Waals surface area contributed by atoms with Crippen LogP contribution in [0.25, 0.3) is 0 Å². The molecule has 1 aliphatic rings. The number of nitrogens with two attached hydrogens (primary N) is 1. The van der Waals surface area contributed by atoms with Gasteiger partial charge in [0.2, 0.25) is 0 Å². The fourth-order valence-corrected chi connectivity index (χ4v) is 2.15. The summed E-state index contributed by atoms with van der Waals surface area (Å²) in [6, 6.07) is 3.03. The van der Waals surface area contributed by atoms with Crippen LogP contribution in [0.2, 0.25) is 0 Å². The topological polar surface area (TPSA) is 46.2 Å². The summed E-state index contributed by atoms with van der Waals surface area (Å²) in [6.45, 7) is 0. The molecule has 0 aliphatic heterocycles. The lowest BCUT2D eigenvalue weighted by molar-refractivity contribution is 0.0424. The van der Waals surface area contributed by atoms with Gasteiger partial charge in [-0.1, -0.05) is 0 Å². The van der Waals surface area contributed by atoms with E-state index in [1.807, 2.05) is 0 Å². The Labute approximate surface area is 86.7 Å². The van der Waals surface area contributed by atoms with Crippen LogP contribution in [0.1, 0.15) is 24.8 Å². The molecule has 3 N–H and O–H groups in total. The van der Waals surface area contributed by atoms with Gasteiger partial charge in [0.05, 0.1) is 5.60 Å². The summed E-state index contributed by atoms with van der Waals surface area (Å²) in [6.07, 6.45) is 1.49. The van der Waals surface area contributed by atoms with Gasteiger partial charge in [-0.3, -0.25) is 0 Å². The molecule has 2 rings (SSSR count). The second-order valence-electron chi connectivity index (χ2n) is 4.19. The Morgan fingerprint density at radius 1 is 1.27 bits per heavy atom. The van der Waals surface area contributed by atoms with Gasteiger partial charge in [0.1, 0.15) is 11.6 Å². The molecule has 82 valence electrons. The number of aliphatic hydroxyl groups is 1. The highest BCUT2D eigenvalue weighted by molar-refractivity contribution is 5.25. The first kappa shape index (κ1) is 10.5. The highest BCUT2D eigenvalue weighted by atomic mass is 19.1. The second kappa shape index (κ2) is 3.54. The Bertz CT molecular complexity index is 363. The molecular weight excluding hydrogens is 200 g/mol. The van der Waals surface area contributed by atoms with Gasteiger partial charge in [-0.15, -0.1) is 0 Å². The van der Waals surface area contributed by atoms with Crippen LogP contribution in [0.3, 0.4) is 0 Å². The third-order valence-corrected chi connectivity index (χ3v) is 2.93. The molecule has 4 heteroatoms. The molecule has 2 unspecified atom stereocenters. The molecule has 0 aromatic heterocycles. The van der Waals surface area contributed by atoms with Crippen molar-refractivity contribution < 1.29 is 13.9 Å². The Kier molecular flexibility index (Phi) is 2.48. The first-order chi connectivity index (χ1) is 6.99. The van der Waals surface area contributed by atoms with Gasteiger partial charge in [0.25, 0.3) is 0 Å². The maximum absolute atomic E-state index is 13.0. The van der Waals surface area contributed by atoms with Crippen LogP contribution in [-0.4, -0.2) is 11.1 Å². The minimum absolute atomic E-state index is 0.0960. The lowest BCUT2D eigenvalue weighted by Gasteiger charge is -2.23. The molecule has 1 aromatic carbocycles. The molecule has 1 saturated carbocycles. The van der Waals surface area contributed by atoms with Gasteiger partial charge >= 0.3 is 0 Å². The molecule has 1 fully saturated rings. The Balaban J connectivity index is 2.36. The molecule has 2 atom stereocenters. The smallest absolute Gasteiger partial charge is 0.126 e. The van der Waals surface area contributed by atoms with E-state index in [1.165, 1.54) is 12.1 Å². The van der Waals surface area contributed by atoms with Crippen molar-refractivity contribution in [2.24, 2.45) is 5.73 Å². The van der Waals surface area contributed by atoms with Gasteiger partial charge < -0.3 is 10.8 Å². The highest BCUT2D eigenvalue weighted by Gasteiger charge is 2.37. The van der Waals surface area contributed by atoms with E-state index in [0.29, 0.717) is 19.3 Å². The van der Waals surface area contributed by atoms with Gasteiger partial charge in [0, 0.05) is 12.1 Å². The highest BCUT2D eigenvalue weighted by Crippen LogP contribution is 2.38. The van der Waals surface area contributed by atoms with Crippen LogP contribution < -0.4 is 5.73 Å². The minimum atomic E-state index is -1.16. The van der Waals surface area contributed by atoms with Crippen LogP contribution >= 0.6 is 0 Å². The molecule has 15 heavy (non-hydrogen) atoms. The molecule has 1 aliphatic carbocycles. The molecule has 0 heterocycles. The third kappa shape index (κ3) is 2.01. The first-order valence-corrected chi connectivity index (χ1v) is 4.94. The number of hydrogen-bond acceptors (Lipinski definition) is 2. The molecule has 0 saturated heterocycles. The molecule has 0 amide bonds. The van der Waals surface area contributed by atoms with Crippen molar-refractivity contribution in [2.75, 3.05) is 0 Å². The Morgan fingerprint density at radius 2 is 1.87 bits per heavy atom. The van der Waals surface area contributed by atoms with E-state index in [2.05, 4.69) is 0 Å². The van der Waals surface area contributed by atoms with Crippen molar-refractivity contribution in [2.45, 2.75) is 30.9 Å². The summed E-state index contributed by atoms with van der Waals surface area (Å²) in [5.41, 5.74) is 4.80. The van der Waals surface area contributed by atoms with Crippen molar-refractivity contribution in [3.05, 3.63) is 35.4 Å². The quantitative estimate of drug-likeness (QED) is 0.745. The summed E-state index contributed by atoms with van der Waals surface area (Å²) in [5, 5.41) is 10.2. The molecular formula is C11H13F2NO. The average molecular weight is 213 g/mol. The second-order valence-corrected chi connectivity index (χ2v) is 4.19. The van der Waals surface area contributed by atoms with Gasteiger partial charge in [0.15, 0.2) is 0 Å². The lowest BCUT2D eigenvalue weighted by atomic mass is 9.92. The summed E-state index contributed by atoms with van der Waals surface area (Å²) in [5.74, 6) is -1.34. The Hall–Kier alpha value is -1.00. The number of halogens is 2. The van der Waals surface area contributed by atoms with Gasteiger partial charge in [-0.2, -0.15) is 0 Å². The first-order valence-electron chi connectivity index (χ1n) is 4.94. The third-order valence-electron chi connectivity index (χ3n) is 2.93. The van der Waals surface area contributed by atoms with Crippen molar-refractivity contribution in [1.29, 1.82) is 0 Å². The fourth-order valence-electron chi connectivity index (χ4n) is 2.15. The summed E-state index contributed by atoms with van der Waals surface area (Å²) in [7, 11) is 0. The zero-order valence-corrected chi connectivity index (χ0v) is 8.21. The monoisotopic (exact) mass is 213 g/mol. The normalized spacial score (nSPS) is 30.8. The molecule has 1 aromatic rings. The van der Waals surface area contributed by atoms with E-state index in [-0.39, 0.29) is 11.6 Å². The van der Waals surface area contributed by atoms with Gasteiger partial charge in [-0.25, -0.2) is 8.78 Å². The van der Waals surface area contributed by atoms with Crippen molar-refractivity contribution in [3.8, 4) is 0 Å². The van der Waals surface area contributed by atoms with E-state index in [4.69, 9.17) is 5.73 Å². The van der Waals surface area contributed by atoms with E-state index in [9.17, 15) is 13.9 Å². The number of benzene rings is 1. The van der Waals surface area contributed by atoms with Crippen LogP contribution in [0.15, 0.2) is 18.2 Å². The molecule has 0 bridgehead atoms. The summed E-state index contributed by atoms with van der Waals surface area (Å²) < 4.78 is 25.9. The molecule has 2 nitrogen and oxygen atoms in total. The zero-order chi connectivity index (χ0) is 11.1. The van der Waals surface area contributed by atoms with Crippen LogP contribution in [0.4, 0.5) is 8.78 Å². The SMILES string of the molecule is NC1CCC(O)(c2cc(F)cc(F)c2)C1. The molecule has 0 spiro atoms. The number of rotatable bonds is 1. The van der Waals surface area contributed by atoms with Crippen LogP contribution in [0, 0.1) is 11.6 Å². The maximum Gasteiger partial charge on any atom is 0.126 e. The molecule has 0 radical (unpaired) electrons. The van der Waals surface area contributed by atoms with Crippen molar-refractivity contribution in [3.63, 3.8) is 0 Å². The van der Waals surface area contributed by atoms with E-state index >= 15 is 0 Å². The maximum atomic E-state index is 13.0. The summed E-state index contributed by atoms with van der Waals surface area (Å²) >= 11 is 0. The average Bonchev–Trinajstić information content (AvgIpc) is 2.46. The van der Waals surface area contributed by atoms with Crippen molar-refractivity contribution in [1.82, 2.24) is 0 Å². The Morgan fingerprint density at radius 3 is 2.33 bits per heavy atom. The van der Waals surface area contributed by atoms with Crippen LogP contribution in [-0.2, 0) is 5.60 Å². The van der Waals surface area contributed by atoms with Gasteiger partial charge in [-0.05, 0) is 37.0 Å².